The van der Waals surface area contributed by atoms with Gasteiger partial charge in [-0.1, -0.05) is 12.1 Å². The summed E-state index contributed by atoms with van der Waals surface area (Å²) < 4.78 is 5.59. The molecule has 1 amide bonds. The Morgan fingerprint density at radius 3 is 2.71 bits per heavy atom. The summed E-state index contributed by atoms with van der Waals surface area (Å²) in [5, 5.41) is 6.49. The maximum absolute atomic E-state index is 11.8. The van der Waals surface area contributed by atoms with Gasteiger partial charge in [0.25, 0.3) is 0 Å². The minimum atomic E-state index is 0. The molecule has 2 aromatic rings. The zero-order valence-electron chi connectivity index (χ0n) is 15.9. The van der Waals surface area contributed by atoms with Gasteiger partial charge in [-0.05, 0) is 36.2 Å². The van der Waals surface area contributed by atoms with Crippen LogP contribution in [0.3, 0.4) is 0 Å². The molecule has 1 aromatic heterocycles. The first-order chi connectivity index (χ1) is 13.3. The van der Waals surface area contributed by atoms with E-state index >= 15 is 0 Å². The molecule has 28 heavy (non-hydrogen) atoms. The van der Waals surface area contributed by atoms with Crippen molar-refractivity contribution in [1.29, 1.82) is 0 Å². The van der Waals surface area contributed by atoms with Gasteiger partial charge < -0.3 is 20.3 Å². The molecule has 7 nitrogen and oxygen atoms in total. The van der Waals surface area contributed by atoms with Gasteiger partial charge in [0.15, 0.2) is 5.96 Å². The highest BCUT2D eigenvalue weighted by Crippen LogP contribution is 2.21. The molecule has 1 aliphatic rings. The van der Waals surface area contributed by atoms with Crippen LogP contribution in [0.2, 0.25) is 0 Å². The first-order valence-electron chi connectivity index (χ1n) is 9.13. The molecule has 1 aliphatic heterocycles. The summed E-state index contributed by atoms with van der Waals surface area (Å²) in [6.07, 6.45) is 4.99. The zero-order valence-corrected chi connectivity index (χ0v) is 18.3. The van der Waals surface area contributed by atoms with Crippen molar-refractivity contribution in [2.75, 3.05) is 31.6 Å². The lowest BCUT2D eigenvalue weighted by Gasteiger charge is -2.16. The predicted octanol–water partition coefficient (Wildman–Crippen LogP) is 2.57. The number of pyridine rings is 1. The molecule has 150 valence electrons. The molecule has 0 atom stereocenters. The lowest BCUT2D eigenvalue weighted by atomic mass is 10.2. The van der Waals surface area contributed by atoms with Gasteiger partial charge in [0.2, 0.25) is 5.91 Å². The van der Waals surface area contributed by atoms with Crippen molar-refractivity contribution in [3.05, 3.63) is 54.4 Å². The monoisotopic (exact) mass is 495 g/mol. The van der Waals surface area contributed by atoms with E-state index in [2.05, 4.69) is 20.6 Å². The van der Waals surface area contributed by atoms with Crippen molar-refractivity contribution >= 4 is 41.5 Å². The Bertz CT molecular complexity index is 768. The highest BCUT2D eigenvalue weighted by atomic mass is 127. The first kappa shape index (κ1) is 21.9. The Morgan fingerprint density at radius 2 is 2.07 bits per heavy atom. The lowest BCUT2D eigenvalue weighted by Crippen LogP contribution is -2.38. The molecular weight excluding hydrogens is 469 g/mol. The number of guanidine groups is 1. The van der Waals surface area contributed by atoms with Crippen LogP contribution in [0.15, 0.2) is 53.8 Å². The molecule has 0 saturated carbocycles. The van der Waals surface area contributed by atoms with Crippen LogP contribution in [0, 0.1) is 0 Å². The van der Waals surface area contributed by atoms with E-state index in [9.17, 15) is 4.79 Å². The van der Waals surface area contributed by atoms with Gasteiger partial charge in [-0.15, -0.1) is 24.0 Å². The van der Waals surface area contributed by atoms with Crippen LogP contribution in [0.1, 0.15) is 18.4 Å². The molecule has 0 unspecified atom stereocenters. The molecule has 1 saturated heterocycles. The second-order valence-corrected chi connectivity index (χ2v) is 6.21. The van der Waals surface area contributed by atoms with Crippen LogP contribution in [0.5, 0.6) is 5.75 Å². The van der Waals surface area contributed by atoms with E-state index in [1.54, 1.807) is 19.4 Å². The van der Waals surface area contributed by atoms with Crippen molar-refractivity contribution in [2.45, 2.75) is 19.4 Å². The van der Waals surface area contributed by atoms with E-state index in [0.717, 1.165) is 30.0 Å². The molecule has 3 rings (SSSR count). The molecule has 0 spiro atoms. The number of nitrogens with one attached hydrogen (secondary N) is 2. The van der Waals surface area contributed by atoms with Gasteiger partial charge in [-0.25, -0.2) is 0 Å². The first-order valence-corrected chi connectivity index (χ1v) is 9.13. The Labute approximate surface area is 182 Å². The third kappa shape index (κ3) is 6.36. The molecule has 0 bridgehead atoms. The number of carbonyl (C=O) groups excluding carboxylic acids is 1. The van der Waals surface area contributed by atoms with E-state index in [1.807, 2.05) is 41.3 Å². The van der Waals surface area contributed by atoms with Gasteiger partial charge in [-0.3, -0.25) is 14.8 Å². The maximum Gasteiger partial charge on any atom is 0.227 e. The Morgan fingerprint density at radius 1 is 1.25 bits per heavy atom. The van der Waals surface area contributed by atoms with Crippen LogP contribution >= 0.6 is 24.0 Å². The number of hydrogen-bond donors (Lipinski definition) is 2. The number of ether oxygens (including phenoxy) is 1. The van der Waals surface area contributed by atoms with E-state index in [1.165, 1.54) is 0 Å². The van der Waals surface area contributed by atoms with Gasteiger partial charge in [0, 0.05) is 38.4 Å². The number of hydrogen-bond acceptors (Lipinski definition) is 4. The van der Waals surface area contributed by atoms with Gasteiger partial charge in [0.05, 0.1) is 12.7 Å². The van der Waals surface area contributed by atoms with Gasteiger partial charge >= 0.3 is 0 Å². The van der Waals surface area contributed by atoms with Crippen LogP contribution in [-0.4, -0.2) is 43.6 Å². The van der Waals surface area contributed by atoms with E-state index in [0.29, 0.717) is 32.1 Å². The minimum absolute atomic E-state index is 0. The zero-order chi connectivity index (χ0) is 18.9. The summed E-state index contributed by atoms with van der Waals surface area (Å²) in [5.41, 5.74) is 2.09. The van der Waals surface area contributed by atoms with Crippen molar-refractivity contribution in [1.82, 2.24) is 15.6 Å². The average Bonchev–Trinajstić information content (AvgIpc) is 3.14. The number of nitrogens with zero attached hydrogens (tertiary/aromatic N) is 3. The molecule has 0 radical (unpaired) electrons. The molecule has 2 heterocycles. The Hall–Kier alpha value is -2.36. The van der Waals surface area contributed by atoms with E-state index in [-0.39, 0.29) is 29.9 Å². The summed E-state index contributed by atoms with van der Waals surface area (Å²) in [5.74, 6) is 1.67. The fourth-order valence-corrected chi connectivity index (χ4v) is 2.89. The topological polar surface area (TPSA) is 78.9 Å². The number of aliphatic imine (C=N–C) groups is 1. The van der Waals surface area contributed by atoms with Crippen molar-refractivity contribution in [3.8, 4) is 5.75 Å². The van der Waals surface area contributed by atoms with E-state index in [4.69, 9.17) is 4.74 Å². The standard InChI is InChI=1S/C20H25N5O2.HI/c1-21-20(23-11-13-27-18-4-2-10-22-15-18)24-14-16-6-8-17(9-7-16)25-12-3-5-19(25)26;/h2,4,6-10,15H,3,5,11-14H2,1H3,(H2,21,23,24);1H. The molecule has 2 N–H and O–H groups in total. The normalized spacial score (nSPS) is 13.8. The summed E-state index contributed by atoms with van der Waals surface area (Å²) in [4.78, 5) is 21.9. The highest BCUT2D eigenvalue weighted by Gasteiger charge is 2.21. The molecule has 8 heteroatoms. The Balaban J connectivity index is 0.00000280. The number of aromatic nitrogens is 1. The second-order valence-electron chi connectivity index (χ2n) is 6.21. The smallest absolute Gasteiger partial charge is 0.227 e. The number of benzene rings is 1. The fraction of sp³-hybridized carbons (Fsp3) is 0.350. The second kappa shape index (κ2) is 11.5. The van der Waals surface area contributed by atoms with Gasteiger partial charge in [0.1, 0.15) is 12.4 Å². The number of halogens is 1. The summed E-state index contributed by atoms with van der Waals surface area (Å²) >= 11 is 0. The number of rotatable bonds is 7. The third-order valence-electron chi connectivity index (χ3n) is 4.30. The quantitative estimate of drug-likeness (QED) is 0.267. The third-order valence-corrected chi connectivity index (χ3v) is 4.30. The average molecular weight is 495 g/mol. The predicted molar refractivity (Wildman–Crippen MR) is 121 cm³/mol. The molecular formula is C20H26IN5O2. The summed E-state index contributed by atoms with van der Waals surface area (Å²) in [6.45, 7) is 2.61. The largest absolute Gasteiger partial charge is 0.490 e. The summed E-state index contributed by atoms with van der Waals surface area (Å²) in [6, 6.07) is 11.8. The van der Waals surface area contributed by atoms with Crippen LogP contribution in [0.4, 0.5) is 5.69 Å². The SMILES string of the molecule is CN=C(NCCOc1cccnc1)NCc1ccc(N2CCCC2=O)cc1.I. The van der Waals surface area contributed by atoms with Gasteiger partial charge in [-0.2, -0.15) is 0 Å². The summed E-state index contributed by atoms with van der Waals surface area (Å²) in [7, 11) is 1.74. The number of anilines is 1. The molecule has 1 fully saturated rings. The van der Waals surface area contributed by atoms with Crippen LogP contribution in [0.25, 0.3) is 0 Å². The van der Waals surface area contributed by atoms with Crippen LogP contribution < -0.4 is 20.3 Å². The van der Waals surface area contributed by atoms with Crippen molar-refractivity contribution in [2.24, 2.45) is 4.99 Å². The molecule has 0 aliphatic carbocycles. The fourth-order valence-electron chi connectivity index (χ4n) is 2.89. The number of amides is 1. The van der Waals surface area contributed by atoms with Crippen molar-refractivity contribution < 1.29 is 9.53 Å². The van der Waals surface area contributed by atoms with Crippen LogP contribution in [-0.2, 0) is 11.3 Å². The Kier molecular flexibility index (Phi) is 8.99. The van der Waals surface area contributed by atoms with E-state index < -0.39 is 0 Å². The molecule has 1 aromatic carbocycles. The maximum atomic E-state index is 11.8. The number of carbonyl (C=O) groups is 1. The van der Waals surface area contributed by atoms with Crippen molar-refractivity contribution in [3.63, 3.8) is 0 Å². The lowest BCUT2D eigenvalue weighted by molar-refractivity contribution is -0.117. The highest BCUT2D eigenvalue weighted by molar-refractivity contribution is 14.0. The minimum Gasteiger partial charge on any atom is -0.490 e.